The van der Waals surface area contributed by atoms with E-state index in [2.05, 4.69) is 41.1 Å². The third kappa shape index (κ3) is 2.52. The number of esters is 1. The number of carbonyl (C=O) groups is 1. The van der Waals surface area contributed by atoms with Gasteiger partial charge >= 0.3 is 5.97 Å². The third-order valence-corrected chi connectivity index (χ3v) is 6.78. The fraction of sp³-hybridized carbons (Fsp3) is 0.500. The highest BCUT2D eigenvalue weighted by molar-refractivity contribution is 5.89. The monoisotopic (exact) mass is 366 g/mol. The Balaban J connectivity index is 1.55. The highest BCUT2D eigenvalue weighted by Gasteiger charge is 2.47. The van der Waals surface area contributed by atoms with Crippen molar-refractivity contribution in [1.29, 1.82) is 0 Å². The minimum absolute atomic E-state index is 0.175. The minimum atomic E-state index is -0.249. The van der Waals surface area contributed by atoms with E-state index in [4.69, 9.17) is 9.47 Å². The molecular formula is C22H26N2O3. The van der Waals surface area contributed by atoms with Crippen molar-refractivity contribution in [1.82, 2.24) is 9.88 Å². The molecule has 1 N–H and O–H groups in total. The predicted molar refractivity (Wildman–Crippen MR) is 103 cm³/mol. The van der Waals surface area contributed by atoms with E-state index >= 15 is 0 Å². The molecule has 5 heteroatoms. The van der Waals surface area contributed by atoms with E-state index in [1.54, 1.807) is 6.26 Å². The molecule has 0 saturated carbocycles. The summed E-state index contributed by atoms with van der Waals surface area (Å²) in [5.74, 6) is 0.284. The fourth-order valence-electron chi connectivity index (χ4n) is 5.47. The lowest BCUT2D eigenvalue weighted by molar-refractivity contribution is -0.139. The van der Waals surface area contributed by atoms with E-state index < -0.39 is 0 Å². The van der Waals surface area contributed by atoms with Gasteiger partial charge in [-0.3, -0.25) is 4.90 Å². The lowest BCUT2D eigenvalue weighted by Crippen LogP contribution is -2.51. The molecular weight excluding hydrogens is 340 g/mol. The summed E-state index contributed by atoms with van der Waals surface area (Å²) < 4.78 is 11.0. The topological polar surface area (TPSA) is 54.6 Å². The number of benzene rings is 1. The van der Waals surface area contributed by atoms with Crippen molar-refractivity contribution in [3.63, 3.8) is 0 Å². The number of nitrogens with one attached hydrogen (secondary N) is 1. The maximum Gasteiger partial charge on any atom is 0.337 e. The van der Waals surface area contributed by atoms with Crippen molar-refractivity contribution >= 4 is 16.9 Å². The van der Waals surface area contributed by atoms with Gasteiger partial charge in [-0.15, -0.1) is 0 Å². The van der Waals surface area contributed by atoms with Gasteiger partial charge in [0.15, 0.2) is 0 Å². The number of para-hydroxylation sites is 1. The van der Waals surface area contributed by atoms with Gasteiger partial charge in [-0.1, -0.05) is 25.1 Å². The number of carbonyl (C=O) groups excluding carboxylic acids is 1. The average Bonchev–Trinajstić information content (AvgIpc) is 3.10. The molecule has 142 valence electrons. The third-order valence-electron chi connectivity index (χ3n) is 6.78. The number of piperidine rings is 1. The SMILES string of the molecule is CCC1OC=C(C(=O)OC)C2CC3c4[nH]c5ccccc5c4CCN3CC12. The standard InChI is InChI=1S/C22H26N2O3/c1-3-20-16-11-24-9-8-14-13-6-4-5-7-18(13)23-21(14)19(24)10-15(16)17(12-27-20)22(25)26-2/h4-7,12,15-16,19-20,23H,3,8-11H2,1-2H3. The number of fused-ring (bicyclic) bond motifs is 6. The van der Waals surface area contributed by atoms with Crippen LogP contribution in [0.3, 0.4) is 0 Å². The number of rotatable bonds is 2. The number of ether oxygens (including phenoxy) is 2. The molecule has 0 amide bonds. The van der Waals surface area contributed by atoms with Crippen molar-refractivity contribution < 1.29 is 14.3 Å². The molecule has 5 nitrogen and oxygen atoms in total. The maximum atomic E-state index is 12.4. The first-order valence-electron chi connectivity index (χ1n) is 9.98. The van der Waals surface area contributed by atoms with Crippen LogP contribution < -0.4 is 0 Å². The second-order valence-corrected chi connectivity index (χ2v) is 7.98. The molecule has 1 aromatic carbocycles. The van der Waals surface area contributed by atoms with E-state index in [0.717, 1.165) is 32.4 Å². The molecule has 2 aromatic rings. The molecule has 3 aliphatic heterocycles. The molecule has 1 aromatic heterocycles. The van der Waals surface area contributed by atoms with Crippen LogP contribution in [0.1, 0.15) is 37.1 Å². The Morgan fingerprint density at radius 2 is 2.22 bits per heavy atom. The number of nitrogens with zero attached hydrogens (tertiary/aromatic N) is 1. The molecule has 27 heavy (non-hydrogen) atoms. The van der Waals surface area contributed by atoms with Gasteiger partial charge in [-0.25, -0.2) is 4.79 Å². The van der Waals surface area contributed by atoms with Crippen LogP contribution in [0.2, 0.25) is 0 Å². The van der Waals surface area contributed by atoms with Crippen molar-refractivity contribution in [3.8, 4) is 0 Å². The number of hydrogen-bond donors (Lipinski definition) is 1. The van der Waals surface area contributed by atoms with Crippen molar-refractivity contribution in [2.75, 3.05) is 20.2 Å². The summed E-state index contributed by atoms with van der Waals surface area (Å²) in [6.45, 7) is 4.20. The van der Waals surface area contributed by atoms with Gasteiger partial charge in [0.1, 0.15) is 6.10 Å². The van der Waals surface area contributed by atoms with Gasteiger partial charge in [-0.05, 0) is 30.9 Å². The number of H-pyrrole nitrogens is 1. The van der Waals surface area contributed by atoms with Crippen molar-refractivity contribution in [2.45, 2.75) is 38.3 Å². The Kier molecular flexibility index (Phi) is 4.01. The molecule has 4 heterocycles. The van der Waals surface area contributed by atoms with Gasteiger partial charge in [0.05, 0.1) is 25.0 Å². The first kappa shape index (κ1) is 16.9. The summed E-state index contributed by atoms with van der Waals surface area (Å²) in [4.78, 5) is 18.6. The van der Waals surface area contributed by atoms with Gasteiger partial charge in [-0.2, -0.15) is 0 Å². The Bertz CT molecular complexity index is 915. The van der Waals surface area contributed by atoms with E-state index in [9.17, 15) is 4.79 Å². The number of hydrogen-bond acceptors (Lipinski definition) is 4. The van der Waals surface area contributed by atoms with Gasteiger partial charge in [0.25, 0.3) is 0 Å². The molecule has 0 bridgehead atoms. The molecule has 0 spiro atoms. The first-order valence-corrected chi connectivity index (χ1v) is 9.98. The summed E-state index contributed by atoms with van der Waals surface area (Å²) in [7, 11) is 1.45. The quantitative estimate of drug-likeness (QED) is 0.826. The van der Waals surface area contributed by atoms with Gasteiger partial charge in [0, 0.05) is 41.5 Å². The molecule has 4 atom stereocenters. The second kappa shape index (κ2) is 6.41. The van der Waals surface area contributed by atoms with Crippen molar-refractivity contribution in [2.24, 2.45) is 11.8 Å². The van der Waals surface area contributed by atoms with E-state index in [0.29, 0.717) is 17.5 Å². The zero-order valence-electron chi connectivity index (χ0n) is 15.9. The number of aromatic nitrogens is 1. The maximum absolute atomic E-state index is 12.4. The zero-order chi connectivity index (χ0) is 18.5. The summed E-state index contributed by atoms with van der Waals surface area (Å²) in [5, 5.41) is 1.34. The first-order chi connectivity index (χ1) is 13.2. The average molecular weight is 366 g/mol. The van der Waals surface area contributed by atoms with E-state index in [1.165, 1.54) is 29.3 Å². The Hall–Kier alpha value is -2.27. The Morgan fingerprint density at radius 3 is 3.04 bits per heavy atom. The van der Waals surface area contributed by atoms with Gasteiger partial charge < -0.3 is 14.5 Å². The molecule has 1 fully saturated rings. The second-order valence-electron chi connectivity index (χ2n) is 7.98. The van der Waals surface area contributed by atoms with Crippen LogP contribution in [0, 0.1) is 11.8 Å². The lowest BCUT2D eigenvalue weighted by Gasteiger charge is -2.49. The Morgan fingerprint density at radius 1 is 1.37 bits per heavy atom. The molecule has 3 aliphatic rings. The van der Waals surface area contributed by atoms with Crippen molar-refractivity contribution in [3.05, 3.63) is 47.4 Å². The number of aromatic amines is 1. The molecule has 1 saturated heterocycles. The van der Waals surface area contributed by atoms with Crippen LogP contribution in [-0.4, -0.2) is 42.2 Å². The summed E-state index contributed by atoms with van der Waals surface area (Å²) in [5.41, 5.74) is 4.71. The summed E-state index contributed by atoms with van der Waals surface area (Å²) in [6.07, 6.45) is 4.82. The van der Waals surface area contributed by atoms with Crippen LogP contribution in [0.25, 0.3) is 10.9 Å². The van der Waals surface area contributed by atoms with Crippen LogP contribution in [0.15, 0.2) is 36.1 Å². The normalized spacial score (nSPS) is 29.9. The summed E-state index contributed by atoms with van der Waals surface area (Å²) in [6, 6.07) is 8.90. The van der Waals surface area contributed by atoms with Crippen LogP contribution in [-0.2, 0) is 20.7 Å². The largest absolute Gasteiger partial charge is 0.497 e. The predicted octanol–water partition coefficient (Wildman–Crippen LogP) is 3.57. The molecule has 0 aliphatic carbocycles. The fourth-order valence-corrected chi connectivity index (χ4v) is 5.47. The zero-order valence-corrected chi connectivity index (χ0v) is 15.9. The highest BCUT2D eigenvalue weighted by Crippen LogP contribution is 2.48. The lowest BCUT2D eigenvalue weighted by atomic mass is 9.71. The highest BCUT2D eigenvalue weighted by atomic mass is 16.5. The van der Waals surface area contributed by atoms with Gasteiger partial charge in [0.2, 0.25) is 0 Å². The number of methoxy groups -OCH3 is 1. The minimum Gasteiger partial charge on any atom is -0.497 e. The van der Waals surface area contributed by atoms with Crippen LogP contribution in [0.4, 0.5) is 0 Å². The van der Waals surface area contributed by atoms with Crippen LogP contribution >= 0.6 is 0 Å². The molecule has 0 radical (unpaired) electrons. The Labute approximate surface area is 159 Å². The van der Waals surface area contributed by atoms with E-state index in [-0.39, 0.29) is 18.0 Å². The van der Waals surface area contributed by atoms with Crippen LogP contribution in [0.5, 0.6) is 0 Å². The molecule has 5 rings (SSSR count). The molecule has 4 unspecified atom stereocenters. The summed E-state index contributed by atoms with van der Waals surface area (Å²) >= 11 is 0. The smallest absolute Gasteiger partial charge is 0.337 e. The van der Waals surface area contributed by atoms with E-state index in [1.807, 2.05) is 0 Å².